The van der Waals surface area contributed by atoms with Gasteiger partial charge in [-0.15, -0.1) is 0 Å². The minimum Gasteiger partial charge on any atom is -0.352 e. The third-order valence-electron chi connectivity index (χ3n) is 4.18. The normalized spacial score (nSPS) is 17.1. The summed E-state index contributed by atoms with van der Waals surface area (Å²) in [7, 11) is 0. The number of halogens is 4. The summed E-state index contributed by atoms with van der Waals surface area (Å²) in [5.74, 6) is 0.454. The summed E-state index contributed by atoms with van der Waals surface area (Å²) in [6.45, 7) is 6.01. The Bertz CT molecular complexity index is 586. The lowest BCUT2D eigenvalue weighted by Crippen LogP contribution is -2.50. The summed E-state index contributed by atoms with van der Waals surface area (Å²) >= 11 is 5.97. The van der Waals surface area contributed by atoms with E-state index in [-0.39, 0.29) is 16.8 Å². The van der Waals surface area contributed by atoms with Crippen LogP contribution in [0.4, 0.5) is 19.0 Å². The Balaban J connectivity index is 2.01. The van der Waals surface area contributed by atoms with Crippen molar-refractivity contribution in [2.45, 2.75) is 32.9 Å². The number of pyridine rings is 1. The fraction of sp³-hybridized carbons (Fsp3) is 0.625. The van der Waals surface area contributed by atoms with Crippen molar-refractivity contribution in [1.82, 2.24) is 9.88 Å². The van der Waals surface area contributed by atoms with Crippen LogP contribution >= 0.6 is 11.6 Å². The molecule has 8 heteroatoms. The molecule has 0 radical (unpaired) electrons. The van der Waals surface area contributed by atoms with E-state index in [9.17, 15) is 18.0 Å². The number of hydrogen-bond donors (Lipinski definition) is 0. The predicted octanol–water partition coefficient (Wildman–Crippen LogP) is 3.84. The molecule has 1 atom stereocenters. The van der Waals surface area contributed by atoms with Crippen LogP contribution in [0.5, 0.6) is 0 Å². The van der Waals surface area contributed by atoms with E-state index in [1.54, 1.807) is 4.90 Å². The molecule has 134 valence electrons. The fourth-order valence-electron chi connectivity index (χ4n) is 2.83. The van der Waals surface area contributed by atoms with E-state index in [4.69, 9.17) is 11.6 Å². The minimum absolute atomic E-state index is 0.00525. The Kier molecular flexibility index (Phi) is 5.96. The molecule has 0 aliphatic carbocycles. The lowest BCUT2D eigenvalue weighted by atomic mass is 10.0. The zero-order chi connectivity index (χ0) is 17.9. The highest BCUT2D eigenvalue weighted by molar-refractivity contribution is 6.33. The van der Waals surface area contributed by atoms with Gasteiger partial charge in [-0.05, 0) is 12.5 Å². The largest absolute Gasteiger partial charge is 0.417 e. The van der Waals surface area contributed by atoms with Crippen molar-refractivity contribution in [2.24, 2.45) is 5.92 Å². The summed E-state index contributed by atoms with van der Waals surface area (Å²) in [5, 5.41) is -0.0241. The third-order valence-corrected chi connectivity index (χ3v) is 4.46. The lowest BCUT2D eigenvalue weighted by Gasteiger charge is -2.37. The Hall–Kier alpha value is -1.50. The highest BCUT2D eigenvalue weighted by Crippen LogP contribution is 2.33. The quantitative estimate of drug-likeness (QED) is 0.815. The maximum atomic E-state index is 12.7. The zero-order valence-corrected chi connectivity index (χ0v) is 14.5. The van der Waals surface area contributed by atoms with Crippen molar-refractivity contribution in [3.05, 3.63) is 22.8 Å². The van der Waals surface area contributed by atoms with Gasteiger partial charge in [0.15, 0.2) is 0 Å². The first-order chi connectivity index (χ1) is 11.2. The Morgan fingerprint density at radius 1 is 1.33 bits per heavy atom. The molecule has 1 aromatic rings. The van der Waals surface area contributed by atoms with E-state index in [1.165, 1.54) is 0 Å². The predicted molar refractivity (Wildman–Crippen MR) is 87.1 cm³/mol. The first-order valence-electron chi connectivity index (χ1n) is 8.00. The maximum Gasteiger partial charge on any atom is 0.417 e. The van der Waals surface area contributed by atoms with Crippen LogP contribution in [0.15, 0.2) is 12.3 Å². The molecule has 0 aromatic carbocycles. The summed E-state index contributed by atoms with van der Waals surface area (Å²) in [6, 6.07) is 0.894. The molecule has 4 nitrogen and oxygen atoms in total. The van der Waals surface area contributed by atoms with Crippen LogP contribution in [-0.4, -0.2) is 42.0 Å². The minimum atomic E-state index is -4.46. The van der Waals surface area contributed by atoms with Gasteiger partial charge < -0.3 is 9.80 Å². The van der Waals surface area contributed by atoms with Crippen molar-refractivity contribution in [2.75, 3.05) is 31.1 Å². The highest BCUT2D eigenvalue weighted by Gasteiger charge is 2.32. The van der Waals surface area contributed by atoms with Gasteiger partial charge in [-0.2, -0.15) is 13.2 Å². The van der Waals surface area contributed by atoms with Crippen molar-refractivity contribution in [3.63, 3.8) is 0 Å². The number of carbonyl (C=O) groups excluding carboxylic acids is 1. The average molecular weight is 364 g/mol. The van der Waals surface area contributed by atoms with E-state index >= 15 is 0 Å². The summed E-state index contributed by atoms with van der Waals surface area (Å²) in [4.78, 5) is 19.8. The van der Waals surface area contributed by atoms with Gasteiger partial charge in [0.25, 0.3) is 0 Å². The standard InChI is InChI=1S/C16H21ClF3N3O/c1-3-4-11(2)15(24)23-7-5-22(6-8-23)14-13(17)9-12(10-21-14)16(18,19)20/h9-11H,3-8H2,1-2H3. The molecule has 1 aromatic heterocycles. The van der Waals surface area contributed by atoms with Crippen LogP contribution in [0.25, 0.3) is 0 Å². The third kappa shape index (κ3) is 4.32. The van der Waals surface area contributed by atoms with Crippen LogP contribution in [0.3, 0.4) is 0 Å². The topological polar surface area (TPSA) is 36.4 Å². The molecule has 1 aliphatic heterocycles. The van der Waals surface area contributed by atoms with Crippen molar-refractivity contribution in [1.29, 1.82) is 0 Å². The molecule has 2 heterocycles. The molecule has 1 unspecified atom stereocenters. The fourth-order valence-corrected chi connectivity index (χ4v) is 3.11. The van der Waals surface area contributed by atoms with E-state index < -0.39 is 11.7 Å². The monoisotopic (exact) mass is 363 g/mol. The maximum absolute atomic E-state index is 12.7. The number of anilines is 1. The Morgan fingerprint density at radius 2 is 1.96 bits per heavy atom. The number of alkyl halides is 3. The summed E-state index contributed by atoms with van der Waals surface area (Å²) < 4.78 is 38.0. The lowest BCUT2D eigenvalue weighted by molar-refractivity contribution is -0.138. The van der Waals surface area contributed by atoms with E-state index in [0.29, 0.717) is 32.0 Å². The Labute approximate surface area is 144 Å². The molecule has 24 heavy (non-hydrogen) atoms. The summed E-state index contributed by atoms with van der Waals surface area (Å²) in [5.41, 5.74) is -0.863. The molecular formula is C16H21ClF3N3O. The number of amides is 1. The molecule has 0 N–H and O–H groups in total. The number of nitrogens with zero attached hydrogens (tertiary/aromatic N) is 3. The number of piperazine rings is 1. The number of rotatable bonds is 4. The molecule has 2 rings (SSSR count). The van der Waals surface area contributed by atoms with Crippen molar-refractivity contribution >= 4 is 23.3 Å². The smallest absolute Gasteiger partial charge is 0.352 e. The van der Waals surface area contributed by atoms with Crippen LogP contribution < -0.4 is 4.90 Å². The van der Waals surface area contributed by atoms with E-state index in [0.717, 1.165) is 25.1 Å². The van der Waals surface area contributed by atoms with Crippen LogP contribution in [0, 0.1) is 5.92 Å². The SMILES string of the molecule is CCCC(C)C(=O)N1CCN(c2ncc(C(F)(F)F)cc2Cl)CC1. The van der Waals surface area contributed by atoms with Gasteiger partial charge in [-0.3, -0.25) is 4.79 Å². The Morgan fingerprint density at radius 3 is 2.46 bits per heavy atom. The average Bonchev–Trinajstić information content (AvgIpc) is 2.53. The summed E-state index contributed by atoms with van der Waals surface area (Å²) in [6.07, 6.45) is -1.86. The number of aromatic nitrogens is 1. The van der Waals surface area contributed by atoms with Crippen molar-refractivity contribution in [3.8, 4) is 0 Å². The van der Waals surface area contributed by atoms with Gasteiger partial charge in [0, 0.05) is 38.3 Å². The highest BCUT2D eigenvalue weighted by atomic mass is 35.5. The number of carbonyl (C=O) groups is 1. The van der Waals surface area contributed by atoms with Gasteiger partial charge in [0.05, 0.1) is 10.6 Å². The molecule has 0 spiro atoms. The first-order valence-corrected chi connectivity index (χ1v) is 8.38. The van der Waals surface area contributed by atoms with Gasteiger partial charge in [0.1, 0.15) is 5.82 Å². The first kappa shape index (κ1) is 18.8. The van der Waals surface area contributed by atoms with E-state index in [1.807, 2.05) is 18.7 Å². The van der Waals surface area contributed by atoms with Crippen LogP contribution in [0.2, 0.25) is 5.02 Å². The molecule has 0 saturated carbocycles. The molecule has 1 amide bonds. The second-order valence-electron chi connectivity index (χ2n) is 6.03. The molecule has 1 saturated heterocycles. The van der Waals surface area contributed by atoms with Gasteiger partial charge in [0.2, 0.25) is 5.91 Å². The van der Waals surface area contributed by atoms with Crippen LogP contribution in [-0.2, 0) is 11.0 Å². The second kappa shape index (κ2) is 7.59. The van der Waals surface area contributed by atoms with E-state index in [2.05, 4.69) is 4.98 Å². The molecule has 1 aliphatic rings. The van der Waals surface area contributed by atoms with Gasteiger partial charge in [-0.1, -0.05) is 31.9 Å². The van der Waals surface area contributed by atoms with Gasteiger partial charge in [-0.25, -0.2) is 4.98 Å². The number of hydrogen-bond acceptors (Lipinski definition) is 3. The zero-order valence-electron chi connectivity index (χ0n) is 13.7. The van der Waals surface area contributed by atoms with Crippen molar-refractivity contribution < 1.29 is 18.0 Å². The van der Waals surface area contributed by atoms with Crippen LogP contribution in [0.1, 0.15) is 32.3 Å². The second-order valence-corrected chi connectivity index (χ2v) is 6.44. The molecule has 1 fully saturated rings. The molecule has 0 bridgehead atoms. The molecular weight excluding hydrogens is 343 g/mol. The van der Waals surface area contributed by atoms with Gasteiger partial charge >= 0.3 is 6.18 Å².